The van der Waals surface area contributed by atoms with Crippen LogP contribution in [-0.4, -0.2) is 0 Å². The monoisotopic (exact) mass is 341 g/mol. The molecule has 0 saturated heterocycles. The maximum Gasteiger partial charge on any atom is 0 e. The standard InChI is InChI=1S/C9H13.2FH.Hf/c1-2-3-6-9-7-4-5-8-9;;;/h4,7H,2-3,5-6H2,1H3;2*1H;/q-1;;;. The van der Waals surface area contributed by atoms with E-state index in [9.17, 15) is 0 Å². The fraction of sp³-hybridized carbons (Fsp3) is 0.556. The van der Waals surface area contributed by atoms with E-state index in [2.05, 4.69) is 25.2 Å². The van der Waals surface area contributed by atoms with Crippen molar-refractivity contribution in [3.05, 3.63) is 23.8 Å². The second kappa shape index (κ2) is 11.2. The zero-order valence-electron chi connectivity index (χ0n) is 7.30. The number of halogens is 2. The van der Waals surface area contributed by atoms with Crippen molar-refractivity contribution < 1.29 is 35.3 Å². The van der Waals surface area contributed by atoms with Crippen molar-refractivity contribution in [2.75, 3.05) is 0 Å². The van der Waals surface area contributed by atoms with E-state index >= 15 is 0 Å². The summed E-state index contributed by atoms with van der Waals surface area (Å²) in [6.07, 6.45) is 12.5. The van der Waals surface area contributed by atoms with Gasteiger partial charge >= 0.3 is 0 Å². The topological polar surface area (TPSA) is 0 Å². The van der Waals surface area contributed by atoms with Gasteiger partial charge in [0.15, 0.2) is 0 Å². The van der Waals surface area contributed by atoms with Gasteiger partial charge in [0.1, 0.15) is 0 Å². The smallest absolute Gasteiger partial charge is 0 e. The van der Waals surface area contributed by atoms with Crippen LogP contribution in [0.5, 0.6) is 0 Å². The van der Waals surface area contributed by atoms with Gasteiger partial charge in [-0.15, -0.1) is 6.42 Å². The van der Waals surface area contributed by atoms with E-state index in [0.29, 0.717) is 0 Å². The molecule has 0 amide bonds. The molecule has 0 atom stereocenters. The van der Waals surface area contributed by atoms with Crippen LogP contribution in [0.4, 0.5) is 9.41 Å². The van der Waals surface area contributed by atoms with Crippen molar-refractivity contribution in [1.29, 1.82) is 0 Å². The van der Waals surface area contributed by atoms with Crippen LogP contribution in [0.25, 0.3) is 0 Å². The second-order valence-electron chi connectivity index (χ2n) is 2.41. The Hall–Kier alpha value is 0.210. The number of rotatable bonds is 3. The largest absolute Gasteiger partial charge is 0.269 e. The van der Waals surface area contributed by atoms with Gasteiger partial charge in [0.25, 0.3) is 0 Å². The minimum atomic E-state index is 0. The molecule has 0 aromatic heterocycles. The Morgan fingerprint density at radius 1 is 1.42 bits per heavy atom. The van der Waals surface area contributed by atoms with Gasteiger partial charge in [0, 0.05) is 25.8 Å². The molecule has 0 N–H and O–H groups in total. The number of unbranched alkanes of at least 4 members (excludes halogenated alkanes) is 1. The molecule has 1 aliphatic carbocycles. The zero-order chi connectivity index (χ0) is 6.53. The molecule has 0 unspecified atom stereocenters. The van der Waals surface area contributed by atoms with Gasteiger partial charge in [-0.1, -0.05) is 26.2 Å². The van der Waals surface area contributed by atoms with Gasteiger partial charge in [-0.3, -0.25) is 15.5 Å². The first-order chi connectivity index (χ1) is 4.43. The van der Waals surface area contributed by atoms with Crippen LogP contribution < -0.4 is 0 Å². The van der Waals surface area contributed by atoms with Gasteiger partial charge in [-0.2, -0.15) is 6.08 Å². The van der Waals surface area contributed by atoms with Crippen molar-refractivity contribution in [2.24, 2.45) is 0 Å². The number of allylic oxidation sites excluding steroid dienone is 4. The first-order valence-electron chi connectivity index (χ1n) is 3.69. The number of hydrogen-bond donors (Lipinski definition) is 0. The third-order valence-corrected chi connectivity index (χ3v) is 1.57. The molecule has 0 fully saturated rings. The van der Waals surface area contributed by atoms with Crippen LogP contribution in [0.3, 0.4) is 0 Å². The molecular weight excluding hydrogens is 325 g/mol. The van der Waals surface area contributed by atoms with Gasteiger partial charge in [-0.25, -0.2) is 11.6 Å². The quantitative estimate of drug-likeness (QED) is 0.547. The molecule has 0 aromatic carbocycles. The average molecular weight is 340 g/mol. The third-order valence-electron chi connectivity index (χ3n) is 1.57. The van der Waals surface area contributed by atoms with Crippen molar-refractivity contribution in [3.63, 3.8) is 0 Å². The Balaban J connectivity index is -0.000000270. The third kappa shape index (κ3) is 6.89. The summed E-state index contributed by atoms with van der Waals surface area (Å²) in [6.45, 7) is 2.22. The maximum atomic E-state index is 3.30. The Morgan fingerprint density at radius 3 is 2.50 bits per heavy atom. The van der Waals surface area contributed by atoms with Crippen LogP contribution in [0.1, 0.15) is 32.6 Å². The zero-order valence-corrected chi connectivity index (χ0v) is 10.9. The minimum absolute atomic E-state index is 0. The Labute approximate surface area is 91.6 Å². The molecule has 0 bridgehead atoms. The van der Waals surface area contributed by atoms with Crippen LogP contribution in [-0.2, 0) is 25.8 Å². The van der Waals surface area contributed by atoms with Gasteiger partial charge in [0.2, 0.25) is 0 Å². The summed E-state index contributed by atoms with van der Waals surface area (Å²) >= 11 is 0. The van der Waals surface area contributed by atoms with Gasteiger partial charge in [-0.05, 0) is 0 Å². The van der Waals surface area contributed by atoms with Gasteiger partial charge < -0.3 is 0 Å². The molecule has 0 aliphatic heterocycles. The summed E-state index contributed by atoms with van der Waals surface area (Å²) in [5.41, 5.74) is 1.41. The predicted octanol–water partition coefficient (Wildman–Crippen LogP) is 3.17. The Bertz CT molecular complexity index is 141. The summed E-state index contributed by atoms with van der Waals surface area (Å²) in [4.78, 5) is 0. The summed E-state index contributed by atoms with van der Waals surface area (Å²) in [5.74, 6) is 0. The van der Waals surface area contributed by atoms with E-state index < -0.39 is 0 Å². The van der Waals surface area contributed by atoms with E-state index in [0.717, 1.165) is 6.42 Å². The summed E-state index contributed by atoms with van der Waals surface area (Å²) < 4.78 is 0. The molecule has 3 heteroatoms. The SMILES string of the molecule is CCCCC1=[C-]CC=C1.F.F.[Hf]. The molecule has 0 nitrogen and oxygen atoms in total. The van der Waals surface area contributed by atoms with E-state index in [1.165, 1.54) is 24.8 Å². The first-order valence-corrected chi connectivity index (χ1v) is 3.69. The van der Waals surface area contributed by atoms with E-state index in [1.807, 2.05) is 0 Å². The van der Waals surface area contributed by atoms with Crippen LogP contribution in [0.15, 0.2) is 17.7 Å². The molecule has 0 saturated carbocycles. The summed E-state index contributed by atoms with van der Waals surface area (Å²) in [6, 6.07) is 0. The van der Waals surface area contributed by atoms with E-state index in [-0.39, 0.29) is 35.3 Å². The van der Waals surface area contributed by atoms with Crippen molar-refractivity contribution in [3.8, 4) is 0 Å². The average Bonchev–Trinajstić information content (AvgIpc) is 2.34. The van der Waals surface area contributed by atoms with E-state index in [1.54, 1.807) is 0 Å². The second-order valence-corrected chi connectivity index (χ2v) is 2.41. The Morgan fingerprint density at radius 2 is 2.08 bits per heavy atom. The van der Waals surface area contributed by atoms with Crippen molar-refractivity contribution >= 4 is 0 Å². The van der Waals surface area contributed by atoms with Gasteiger partial charge in [0.05, 0.1) is 0 Å². The first kappa shape index (κ1) is 18.1. The maximum absolute atomic E-state index is 3.30. The molecule has 0 heterocycles. The van der Waals surface area contributed by atoms with Crippen LogP contribution in [0.2, 0.25) is 0 Å². The molecule has 1 rings (SSSR count). The summed E-state index contributed by atoms with van der Waals surface area (Å²) in [7, 11) is 0. The fourth-order valence-corrected chi connectivity index (χ4v) is 0.989. The molecule has 0 aromatic rings. The van der Waals surface area contributed by atoms with Crippen molar-refractivity contribution in [2.45, 2.75) is 32.6 Å². The normalized spacial score (nSPS) is 12.2. The summed E-state index contributed by atoms with van der Waals surface area (Å²) in [5, 5.41) is 0. The minimum Gasteiger partial charge on any atom is -0.269 e. The Kier molecular flexibility index (Phi) is 16.9. The van der Waals surface area contributed by atoms with Crippen LogP contribution in [0, 0.1) is 6.08 Å². The molecule has 12 heavy (non-hydrogen) atoms. The molecule has 0 spiro atoms. The van der Waals surface area contributed by atoms with E-state index in [4.69, 9.17) is 0 Å². The molecular formula is C9H15F2Hf-. The predicted molar refractivity (Wildman–Crippen MR) is 45.0 cm³/mol. The fourth-order valence-electron chi connectivity index (χ4n) is 0.989. The molecule has 1 aliphatic rings. The van der Waals surface area contributed by atoms with Crippen molar-refractivity contribution in [1.82, 2.24) is 0 Å². The number of hydrogen-bond acceptors (Lipinski definition) is 0. The van der Waals surface area contributed by atoms with Crippen LogP contribution >= 0.6 is 0 Å². The molecule has 70 valence electrons. The molecule has 0 radical (unpaired) electrons.